The third-order valence-electron chi connectivity index (χ3n) is 4.81. The van der Waals surface area contributed by atoms with Crippen LogP contribution in [0.25, 0.3) is 0 Å². The van der Waals surface area contributed by atoms with Gasteiger partial charge in [0.25, 0.3) is 0 Å². The molecule has 0 spiro atoms. The molecule has 0 aromatic heterocycles. The van der Waals surface area contributed by atoms with Crippen LogP contribution in [0.1, 0.15) is 42.5 Å². The largest absolute Gasteiger partial charge is 0.358 e. The predicted octanol–water partition coefficient (Wildman–Crippen LogP) is 4.85. The second kappa shape index (κ2) is 11.3. The molecule has 0 radical (unpaired) electrons. The van der Waals surface area contributed by atoms with Gasteiger partial charge in [0.15, 0.2) is 11.6 Å². The van der Waals surface area contributed by atoms with Crippen molar-refractivity contribution in [3.05, 3.63) is 71.0 Å². The molecule has 1 aliphatic rings. The van der Waals surface area contributed by atoms with Crippen LogP contribution in [-0.2, 0) is 9.53 Å². The molecule has 162 valence electrons. The predicted molar refractivity (Wildman–Crippen MR) is 104 cm³/mol. The van der Waals surface area contributed by atoms with Gasteiger partial charge in [-0.2, -0.15) is 0 Å². The monoisotopic (exact) mass is 427 g/mol. The lowest BCUT2D eigenvalue weighted by Crippen LogP contribution is -2.41. The lowest BCUT2D eigenvalue weighted by molar-refractivity contribution is -0.140. The molecule has 1 aliphatic heterocycles. The molecular formula is C22H22F5NO2. The number of amides is 1. The number of rotatable bonds is 6. The fourth-order valence-corrected chi connectivity index (χ4v) is 3.50. The number of carbonyl (C=O) groups excluding carboxylic acids is 1. The van der Waals surface area contributed by atoms with Gasteiger partial charge in [-0.05, 0) is 48.2 Å². The average Bonchev–Trinajstić information content (AvgIpc) is 2.69. The molecule has 0 N–H and O–H groups in total. The quantitative estimate of drug-likeness (QED) is 0.487. The summed E-state index contributed by atoms with van der Waals surface area (Å²) in [5.41, 5.74) is 0.977. The van der Waals surface area contributed by atoms with E-state index in [2.05, 4.69) is 5.92 Å². The minimum Gasteiger partial charge on any atom is -0.358 e. The Morgan fingerprint density at radius 1 is 1.00 bits per heavy atom. The summed E-state index contributed by atoms with van der Waals surface area (Å²) in [6.45, 7) is 0.407. The summed E-state index contributed by atoms with van der Waals surface area (Å²) in [6, 6.07) is 8.53. The molecular weight excluding hydrogens is 405 g/mol. The standard InChI is InChI=1S/C22H20F3NO2.2FH/c1-2-13-28-22(16-8-11-18(24)19(25)14-16)21(15-6-9-17(23)10-7-15)26-12-4-3-5-20(26)27;;/h1,6-11,14,21-22H,3-5,12-13H2;2*1H/t21-,22+;;/m0../s1. The molecule has 0 aliphatic carbocycles. The van der Waals surface area contributed by atoms with Gasteiger partial charge in [-0.3, -0.25) is 14.2 Å². The van der Waals surface area contributed by atoms with Crippen molar-refractivity contribution in [2.45, 2.75) is 31.4 Å². The third-order valence-corrected chi connectivity index (χ3v) is 4.81. The maximum absolute atomic E-state index is 13.9. The van der Waals surface area contributed by atoms with Gasteiger partial charge in [-0.15, -0.1) is 6.42 Å². The topological polar surface area (TPSA) is 29.5 Å². The van der Waals surface area contributed by atoms with Crippen molar-refractivity contribution < 1.29 is 32.1 Å². The van der Waals surface area contributed by atoms with Crippen LogP contribution in [0.15, 0.2) is 42.5 Å². The van der Waals surface area contributed by atoms with Gasteiger partial charge in [0.1, 0.15) is 18.5 Å². The van der Waals surface area contributed by atoms with Gasteiger partial charge >= 0.3 is 0 Å². The molecule has 2 atom stereocenters. The maximum atomic E-state index is 13.9. The molecule has 3 nitrogen and oxygen atoms in total. The highest BCUT2D eigenvalue weighted by atomic mass is 19.2. The fourth-order valence-electron chi connectivity index (χ4n) is 3.50. The number of benzene rings is 2. The highest BCUT2D eigenvalue weighted by Crippen LogP contribution is 2.39. The number of carbonyl (C=O) groups is 1. The van der Waals surface area contributed by atoms with E-state index >= 15 is 0 Å². The molecule has 2 aromatic rings. The molecule has 0 unspecified atom stereocenters. The number of halogens is 5. The summed E-state index contributed by atoms with van der Waals surface area (Å²) in [5, 5.41) is 0. The zero-order valence-electron chi connectivity index (χ0n) is 16.0. The van der Waals surface area contributed by atoms with E-state index in [0.717, 1.165) is 25.0 Å². The minimum absolute atomic E-state index is 0. The van der Waals surface area contributed by atoms with Gasteiger partial charge in [0, 0.05) is 13.0 Å². The molecule has 1 heterocycles. The van der Waals surface area contributed by atoms with E-state index in [0.29, 0.717) is 24.1 Å². The van der Waals surface area contributed by atoms with Crippen LogP contribution in [0.3, 0.4) is 0 Å². The molecule has 3 rings (SSSR count). The first-order chi connectivity index (χ1) is 13.5. The van der Waals surface area contributed by atoms with Crippen molar-refractivity contribution in [2.75, 3.05) is 13.2 Å². The smallest absolute Gasteiger partial charge is 0.223 e. The Kier molecular flexibility index (Phi) is 9.47. The summed E-state index contributed by atoms with van der Waals surface area (Å²) in [4.78, 5) is 14.3. The Labute approximate surface area is 171 Å². The Bertz CT molecular complexity index is 882. The van der Waals surface area contributed by atoms with E-state index in [-0.39, 0.29) is 21.9 Å². The minimum atomic E-state index is -1.02. The zero-order valence-corrected chi connectivity index (χ0v) is 16.0. The Morgan fingerprint density at radius 2 is 1.67 bits per heavy atom. The van der Waals surface area contributed by atoms with Crippen LogP contribution >= 0.6 is 0 Å². The van der Waals surface area contributed by atoms with Crippen molar-refractivity contribution in [1.82, 2.24) is 4.90 Å². The van der Waals surface area contributed by atoms with Gasteiger partial charge < -0.3 is 9.64 Å². The van der Waals surface area contributed by atoms with E-state index < -0.39 is 29.6 Å². The molecule has 30 heavy (non-hydrogen) atoms. The van der Waals surface area contributed by atoms with Crippen LogP contribution < -0.4 is 0 Å². The highest BCUT2D eigenvalue weighted by molar-refractivity contribution is 5.77. The van der Waals surface area contributed by atoms with Gasteiger partial charge in [0.05, 0.1) is 6.04 Å². The number of ether oxygens (including phenoxy) is 1. The number of hydrogen-bond acceptors (Lipinski definition) is 2. The first-order valence-electron chi connectivity index (χ1n) is 9.06. The van der Waals surface area contributed by atoms with E-state index in [9.17, 15) is 18.0 Å². The van der Waals surface area contributed by atoms with Crippen LogP contribution in [0.4, 0.5) is 22.6 Å². The van der Waals surface area contributed by atoms with Gasteiger partial charge in [-0.1, -0.05) is 24.1 Å². The SMILES string of the molecule is C#CCO[C@H](c1ccc(F)c(F)c1)[C@H](c1ccc(F)cc1)N1CCCCC1=O.F.F. The summed E-state index contributed by atoms with van der Waals surface area (Å²) in [5.74, 6) is -0.116. The van der Waals surface area contributed by atoms with E-state index in [1.165, 1.54) is 18.2 Å². The summed E-state index contributed by atoms with van der Waals surface area (Å²) >= 11 is 0. The third kappa shape index (κ3) is 5.57. The van der Waals surface area contributed by atoms with Crippen molar-refractivity contribution in [3.8, 4) is 12.3 Å². The lowest BCUT2D eigenvalue weighted by Gasteiger charge is -2.39. The van der Waals surface area contributed by atoms with E-state index in [4.69, 9.17) is 11.2 Å². The molecule has 0 saturated carbocycles. The van der Waals surface area contributed by atoms with Crippen molar-refractivity contribution in [2.24, 2.45) is 0 Å². The number of piperidine rings is 1. The molecule has 1 fully saturated rings. The van der Waals surface area contributed by atoms with Crippen molar-refractivity contribution in [3.63, 3.8) is 0 Å². The van der Waals surface area contributed by atoms with Crippen molar-refractivity contribution >= 4 is 5.91 Å². The van der Waals surface area contributed by atoms with E-state index in [1.807, 2.05) is 0 Å². The number of nitrogens with zero attached hydrogens (tertiary/aromatic N) is 1. The van der Waals surface area contributed by atoms with Crippen LogP contribution in [0.2, 0.25) is 0 Å². The Hall–Kier alpha value is -2.92. The van der Waals surface area contributed by atoms with Crippen LogP contribution in [0, 0.1) is 29.8 Å². The first kappa shape index (κ1) is 25.1. The highest BCUT2D eigenvalue weighted by Gasteiger charge is 2.35. The first-order valence-corrected chi connectivity index (χ1v) is 9.06. The summed E-state index contributed by atoms with van der Waals surface area (Å²) in [7, 11) is 0. The van der Waals surface area contributed by atoms with E-state index in [1.54, 1.807) is 17.0 Å². The number of likely N-dealkylation sites (tertiary alicyclic amines) is 1. The Morgan fingerprint density at radius 3 is 2.27 bits per heavy atom. The second-order valence-electron chi connectivity index (χ2n) is 6.65. The number of hydrogen-bond donors (Lipinski definition) is 0. The second-order valence-corrected chi connectivity index (χ2v) is 6.65. The normalized spacial score (nSPS) is 15.4. The molecule has 1 saturated heterocycles. The van der Waals surface area contributed by atoms with Crippen molar-refractivity contribution in [1.29, 1.82) is 0 Å². The average molecular weight is 427 g/mol. The number of terminal acetylenes is 1. The summed E-state index contributed by atoms with van der Waals surface area (Å²) < 4.78 is 46.6. The molecule has 0 bridgehead atoms. The fraction of sp³-hybridized carbons (Fsp3) is 0.318. The van der Waals surface area contributed by atoms with Crippen LogP contribution in [-0.4, -0.2) is 24.0 Å². The van der Waals surface area contributed by atoms with Gasteiger partial charge in [0.2, 0.25) is 5.91 Å². The lowest BCUT2D eigenvalue weighted by atomic mass is 9.92. The maximum Gasteiger partial charge on any atom is 0.223 e. The molecule has 1 amide bonds. The molecule has 8 heteroatoms. The zero-order chi connectivity index (χ0) is 20.1. The Balaban J connectivity index is 0.00000225. The molecule has 2 aromatic carbocycles. The van der Waals surface area contributed by atoms with Gasteiger partial charge in [-0.25, -0.2) is 13.2 Å². The summed E-state index contributed by atoms with van der Waals surface area (Å²) in [6.07, 6.45) is 6.48. The van der Waals surface area contributed by atoms with Crippen LogP contribution in [0.5, 0.6) is 0 Å².